The Hall–Kier alpha value is -1.96. The van der Waals surface area contributed by atoms with Crippen LogP contribution in [-0.4, -0.2) is 7.11 Å². The average Bonchev–Trinajstić information content (AvgIpc) is 3.30. The fourth-order valence-electron chi connectivity index (χ4n) is 2.64. The van der Waals surface area contributed by atoms with Gasteiger partial charge in [-0.1, -0.05) is 30.3 Å². The van der Waals surface area contributed by atoms with Gasteiger partial charge in [0.05, 0.1) is 12.8 Å². The molecule has 0 unspecified atom stereocenters. The standard InChI is InChI=1S/C18H21NO/c1-13-7-10-18(20-2)17(11-13)19-12-15-5-3-4-6-16(15)14-8-9-14/h3-7,10-11,14,19H,8-9,12H2,1-2H3. The predicted octanol–water partition coefficient (Wildman–Crippen LogP) is 4.49. The molecule has 2 aromatic rings. The molecule has 0 radical (unpaired) electrons. The van der Waals surface area contributed by atoms with E-state index < -0.39 is 0 Å². The maximum Gasteiger partial charge on any atom is 0.141 e. The molecule has 0 amide bonds. The number of hydrogen-bond acceptors (Lipinski definition) is 2. The van der Waals surface area contributed by atoms with Crippen LogP contribution in [0.4, 0.5) is 5.69 Å². The summed E-state index contributed by atoms with van der Waals surface area (Å²) in [6.45, 7) is 2.95. The zero-order chi connectivity index (χ0) is 13.9. The van der Waals surface area contributed by atoms with Crippen molar-refractivity contribution in [3.63, 3.8) is 0 Å². The van der Waals surface area contributed by atoms with Gasteiger partial charge in [-0.3, -0.25) is 0 Å². The van der Waals surface area contributed by atoms with Gasteiger partial charge in [0.1, 0.15) is 5.75 Å². The first-order valence-electron chi connectivity index (χ1n) is 7.24. The van der Waals surface area contributed by atoms with Gasteiger partial charge in [-0.15, -0.1) is 0 Å². The molecule has 2 aromatic carbocycles. The minimum atomic E-state index is 0.785. The van der Waals surface area contributed by atoms with Crippen molar-refractivity contribution < 1.29 is 4.74 Å². The summed E-state index contributed by atoms with van der Waals surface area (Å²) in [7, 11) is 1.72. The van der Waals surface area contributed by atoms with Crippen LogP contribution < -0.4 is 10.1 Å². The number of benzene rings is 2. The van der Waals surface area contributed by atoms with Crippen LogP contribution in [0.5, 0.6) is 5.75 Å². The van der Waals surface area contributed by atoms with Gasteiger partial charge >= 0.3 is 0 Å². The Labute approximate surface area is 120 Å². The van der Waals surface area contributed by atoms with E-state index in [1.807, 2.05) is 6.07 Å². The second-order valence-electron chi connectivity index (χ2n) is 5.53. The zero-order valence-electron chi connectivity index (χ0n) is 12.1. The monoisotopic (exact) mass is 267 g/mol. The summed E-state index contributed by atoms with van der Waals surface area (Å²) in [6, 6.07) is 15.0. The van der Waals surface area contributed by atoms with E-state index in [-0.39, 0.29) is 0 Å². The van der Waals surface area contributed by atoms with E-state index in [0.717, 1.165) is 23.9 Å². The van der Waals surface area contributed by atoms with E-state index in [9.17, 15) is 0 Å². The molecule has 0 aliphatic heterocycles. The highest BCUT2D eigenvalue weighted by molar-refractivity contribution is 5.58. The fraction of sp³-hybridized carbons (Fsp3) is 0.333. The number of aryl methyl sites for hydroxylation is 1. The highest BCUT2D eigenvalue weighted by atomic mass is 16.5. The van der Waals surface area contributed by atoms with Crippen LogP contribution in [0.2, 0.25) is 0 Å². The SMILES string of the molecule is COc1ccc(C)cc1NCc1ccccc1C1CC1. The first-order chi connectivity index (χ1) is 9.78. The summed E-state index contributed by atoms with van der Waals surface area (Å²) in [6.07, 6.45) is 2.68. The molecule has 104 valence electrons. The van der Waals surface area contributed by atoms with Crippen LogP contribution in [0, 0.1) is 6.92 Å². The molecule has 0 saturated heterocycles. The summed E-state index contributed by atoms with van der Waals surface area (Å²) in [5.74, 6) is 1.69. The highest BCUT2D eigenvalue weighted by Crippen LogP contribution is 2.41. The number of anilines is 1. The highest BCUT2D eigenvalue weighted by Gasteiger charge is 2.25. The van der Waals surface area contributed by atoms with Crippen molar-refractivity contribution in [3.05, 3.63) is 59.2 Å². The molecule has 1 fully saturated rings. The Bertz CT molecular complexity index is 602. The Morgan fingerprint density at radius 2 is 1.95 bits per heavy atom. The molecule has 1 aliphatic carbocycles. The summed E-state index contributed by atoms with van der Waals surface area (Å²) < 4.78 is 5.42. The van der Waals surface area contributed by atoms with E-state index in [2.05, 4.69) is 48.6 Å². The zero-order valence-corrected chi connectivity index (χ0v) is 12.1. The lowest BCUT2D eigenvalue weighted by molar-refractivity contribution is 0.416. The Morgan fingerprint density at radius 1 is 1.15 bits per heavy atom. The minimum absolute atomic E-state index is 0.785. The van der Waals surface area contributed by atoms with Gasteiger partial charge in [-0.05, 0) is 54.5 Å². The van der Waals surface area contributed by atoms with E-state index in [1.54, 1.807) is 7.11 Å². The summed E-state index contributed by atoms with van der Waals surface area (Å²) in [5.41, 5.74) is 5.21. The van der Waals surface area contributed by atoms with Crippen molar-refractivity contribution in [1.29, 1.82) is 0 Å². The molecule has 1 aliphatic rings. The molecule has 1 N–H and O–H groups in total. The quantitative estimate of drug-likeness (QED) is 0.861. The first-order valence-corrected chi connectivity index (χ1v) is 7.24. The van der Waals surface area contributed by atoms with Crippen molar-refractivity contribution >= 4 is 5.69 Å². The Balaban J connectivity index is 1.78. The molecule has 20 heavy (non-hydrogen) atoms. The van der Waals surface area contributed by atoms with Gasteiger partial charge < -0.3 is 10.1 Å². The molecule has 0 heterocycles. The molecule has 0 aromatic heterocycles. The van der Waals surface area contributed by atoms with Crippen LogP contribution >= 0.6 is 0 Å². The number of hydrogen-bond donors (Lipinski definition) is 1. The summed E-state index contributed by atoms with van der Waals surface area (Å²) >= 11 is 0. The average molecular weight is 267 g/mol. The number of methoxy groups -OCH3 is 1. The van der Waals surface area contributed by atoms with Gasteiger partial charge in [-0.25, -0.2) is 0 Å². The molecule has 0 atom stereocenters. The maximum atomic E-state index is 5.42. The van der Waals surface area contributed by atoms with Crippen LogP contribution in [0.1, 0.15) is 35.4 Å². The van der Waals surface area contributed by atoms with Crippen molar-refractivity contribution in [1.82, 2.24) is 0 Å². The Morgan fingerprint density at radius 3 is 2.70 bits per heavy atom. The molecule has 3 rings (SSSR count). The van der Waals surface area contributed by atoms with Crippen LogP contribution in [0.25, 0.3) is 0 Å². The third-order valence-electron chi connectivity index (χ3n) is 3.90. The van der Waals surface area contributed by atoms with Crippen LogP contribution in [-0.2, 0) is 6.54 Å². The van der Waals surface area contributed by atoms with Crippen molar-refractivity contribution in [2.45, 2.75) is 32.2 Å². The Kier molecular flexibility index (Phi) is 3.64. The van der Waals surface area contributed by atoms with Gasteiger partial charge in [-0.2, -0.15) is 0 Å². The summed E-state index contributed by atoms with van der Waals surface area (Å²) in [5, 5.41) is 3.52. The first kappa shape index (κ1) is 13.0. The van der Waals surface area contributed by atoms with E-state index >= 15 is 0 Å². The second-order valence-corrected chi connectivity index (χ2v) is 5.53. The second kappa shape index (κ2) is 5.58. The lowest BCUT2D eigenvalue weighted by Crippen LogP contribution is -2.04. The molecule has 0 bridgehead atoms. The largest absolute Gasteiger partial charge is 0.495 e. The van der Waals surface area contributed by atoms with Crippen LogP contribution in [0.3, 0.4) is 0 Å². The van der Waals surface area contributed by atoms with Gasteiger partial charge in [0, 0.05) is 6.54 Å². The number of ether oxygens (including phenoxy) is 1. The third-order valence-corrected chi connectivity index (χ3v) is 3.90. The van der Waals surface area contributed by atoms with E-state index in [4.69, 9.17) is 4.74 Å². The molecule has 2 heteroatoms. The third kappa shape index (κ3) is 2.79. The smallest absolute Gasteiger partial charge is 0.141 e. The van der Waals surface area contributed by atoms with Crippen molar-refractivity contribution in [3.8, 4) is 5.75 Å². The molecule has 2 nitrogen and oxygen atoms in total. The maximum absolute atomic E-state index is 5.42. The van der Waals surface area contributed by atoms with E-state index in [1.165, 1.54) is 29.5 Å². The molecular formula is C18H21NO. The van der Waals surface area contributed by atoms with Gasteiger partial charge in [0.25, 0.3) is 0 Å². The predicted molar refractivity (Wildman–Crippen MR) is 83.5 cm³/mol. The summed E-state index contributed by atoms with van der Waals surface area (Å²) in [4.78, 5) is 0. The van der Waals surface area contributed by atoms with Crippen LogP contribution in [0.15, 0.2) is 42.5 Å². The molecule has 1 saturated carbocycles. The topological polar surface area (TPSA) is 21.3 Å². The van der Waals surface area contributed by atoms with Gasteiger partial charge in [0.15, 0.2) is 0 Å². The normalized spacial score (nSPS) is 14.1. The fourth-order valence-corrected chi connectivity index (χ4v) is 2.64. The molecule has 0 spiro atoms. The number of nitrogens with one attached hydrogen (secondary N) is 1. The van der Waals surface area contributed by atoms with Gasteiger partial charge in [0.2, 0.25) is 0 Å². The van der Waals surface area contributed by atoms with Crippen molar-refractivity contribution in [2.24, 2.45) is 0 Å². The minimum Gasteiger partial charge on any atom is -0.495 e. The van der Waals surface area contributed by atoms with E-state index in [0.29, 0.717) is 0 Å². The molecular weight excluding hydrogens is 246 g/mol. The number of rotatable bonds is 5. The lowest BCUT2D eigenvalue weighted by atomic mass is 10.0. The lowest BCUT2D eigenvalue weighted by Gasteiger charge is -2.14. The van der Waals surface area contributed by atoms with Crippen molar-refractivity contribution in [2.75, 3.05) is 12.4 Å².